The third-order valence-electron chi connectivity index (χ3n) is 3.60. The molecular weight excluding hydrogens is 248 g/mol. The van der Waals surface area contributed by atoms with Crippen molar-refractivity contribution in [3.05, 3.63) is 65.0 Å². The molecule has 2 aromatic rings. The largest absolute Gasteiger partial charge is 0.387 e. The Hall–Kier alpha value is -1.71. The summed E-state index contributed by atoms with van der Waals surface area (Å²) in [4.78, 5) is 3.96. The molecule has 1 aromatic heterocycles. The first-order chi connectivity index (χ1) is 9.58. The van der Waals surface area contributed by atoms with Gasteiger partial charge in [-0.15, -0.1) is 0 Å². The smallest absolute Gasteiger partial charge is 0.0915 e. The standard InChI is InChI=1S/C17H22N2O/c1-12-4-5-16(13(2)10-12)14(3)19-11-17(20)15-6-8-18-9-7-15/h4-10,14,17,19-20H,11H2,1-3H3. The van der Waals surface area contributed by atoms with Crippen molar-refractivity contribution in [3.63, 3.8) is 0 Å². The number of aliphatic hydroxyl groups is 1. The molecule has 1 aromatic carbocycles. The van der Waals surface area contributed by atoms with Crippen molar-refractivity contribution >= 4 is 0 Å². The Morgan fingerprint density at radius 3 is 2.50 bits per heavy atom. The summed E-state index contributed by atoms with van der Waals surface area (Å²) in [7, 11) is 0. The minimum Gasteiger partial charge on any atom is -0.387 e. The molecule has 0 aliphatic rings. The molecule has 0 spiro atoms. The summed E-state index contributed by atoms with van der Waals surface area (Å²) in [6.07, 6.45) is 2.89. The minimum atomic E-state index is -0.508. The van der Waals surface area contributed by atoms with E-state index >= 15 is 0 Å². The lowest BCUT2D eigenvalue weighted by atomic mass is 10.00. The van der Waals surface area contributed by atoms with E-state index in [1.54, 1.807) is 12.4 Å². The van der Waals surface area contributed by atoms with Crippen LogP contribution in [0.15, 0.2) is 42.7 Å². The molecule has 0 bridgehead atoms. The third-order valence-corrected chi connectivity index (χ3v) is 3.60. The van der Waals surface area contributed by atoms with E-state index in [1.807, 2.05) is 12.1 Å². The molecule has 0 aliphatic heterocycles. The van der Waals surface area contributed by atoms with E-state index in [4.69, 9.17) is 0 Å². The normalized spacial score (nSPS) is 14.0. The molecule has 0 amide bonds. The average Bonchev–Trinajstić information content (AvgIpc) is 2.45. The lowest BCUT2D eigenvalue weighted by Gasteiger charge is -2.19. The number of rotatable bonds is 5. The molecule has 106 valence electrons. The highest BCUT2D eigenvalue weighted by molar-refractivity contribution is 5.32. The van der Waals surface area contributed by atoms with Gasteiger partial charge in [0.05, 0.1) is 6.10 Å². The van der Waals surface area contributed by atoms with E-state index in [9.17, 15) is 5.11 Å². The van der Waals surface area contributed by atoms with Crippen LogP contribution >= 0.6 is 0 Å². The minimum absolute atomic E-state index is 0.215. The van der Waals surface area contributed by atoms with Crippen LogP contribution in [0.5, 0.6) is 0 Å². The van der Waals surface area contributed by atoms with Crippen molar-refractivity contribution in [1.82, 2.24) is 10.3 Å². The molecule has 20 heavy (non-hydrogen) atoms. The highest BCUT2D eigenvalue weighted by atomic mass is 16.3. The molecule has 0 saturated heterocycles. The van der Waals surface area contributed by atoms with Crippen LogP contribution in [0.25, 0.3) is 0 Å². The van der Waals surface area contributed by atoms with Crippen molar-refractivity contribution < 1.29 is 5.11 Å². The SMILES string of the molecule is Cc1ccc(C(C)NCC(O)c2ccncc2)c(C)c1. The molecule has 2 rings (SSSR count). The monoisotopic (exact) mass is 270 g/mol. The number of aryl methyl sites for hydroxylation is 2. The second-order valence-corrected chi connectivity index (χ2v) is 5.29. The van der Waals surface area contributed by atoms with Gasteiger partial charge in [0.2, 0.25) is 0 Å². The Morgan fingerprint density at radius 2 is 1.85 bits per heavy atom. The first-order valence-corrected chi connectivity index (χ1v) is 6.96. The van der Waals surface area contributed by atoms with E-state index in [-0.39, 0.29) is 6.04 Å². The molecule has 0 saturated carbocycles. The topological polar surface area (TPSA) is 45.1 Å². The molecule has 3 nitrogen and oxygen atoms in total. The number of nitrogens with zero attached hydrogens (tertiary/aromatic N) is 1. The van der Waals surface area contributed by atoms with Gasteiger partial charge in [0.1, 0.15) is 0 Å². The van der Waals surface area contributed by atoms with E-state index in [0.717, 1.165) is 5.56 Å². The molecule has 2 N–H and O–H groups in total. The van der Waals surface area contributed by atoms with Crippen LogP contribution in [-0.4, -0.2) is 16.6 Å². The summed E-state index contributed by atoms with van der Waals surface area (Å²) in [5.41, 5.74) is 4.72. The highest BCUT2D eigenvalue weighted by Gasteiger charge is 2.11. The Labute approximate surface area is 120 Å². The van der Waals surface area contributed by atoms with E-state index in [1.165, 1.54) is 16.7 Å². The zero-order valence-corrected chi connectivity index (χ0v) is 12.3. The van der Waals surface area contributed by atoms with Crippen LogP contribution in [-0.2, 0) is 0 Å². The predicted molar refractivity (Wildman–Crippen MR) is 81.5 cm³/mol. The van der Waals surface area contributed by atoms with Gasteiger partial charge in [-0.2, -0.15) is 0 Å². The quantitative estimate of drug-likeness (QED) is 0.877. The Balaban J connectivity index is 1.96. The zero-order chi connectivity index (χ0) is 14.5. The summed E-state index contributed by atoms with van der Waals surface area (Å²) in [5, 5.41) is 13.5. The fraction of sp³-hybridized carbons (Fsp3) is 0.353. The molecule has 0 aliphatic carbocycles. The van der Waals surface area contributed by atoms with Gasteiger partial charge in [-0.3, -0.25) is 4.98 Å². The van der Waals surface area contributed by atoms with Crippen molar-refractivity contribution in [2.45, 2.75) is 32.9 Å². The predicted octanol–water partition coefficient (Wildman–Crippen LogP) is 3.08. The Bertz CT molecular complexity index is 554. The summed E-state index contributed by atoms with van der Waals surface area (Å²) < 4.78 is 0. The van der Waals surface area contributed by atoms with Crippen molar-refractivity contribution in [2.24, 2.45) is 0 Å². The number of aliphatic hydroxyl groups excluding tert-OH is 1. The maximum absolute atomic E-state index is 10.1. The van der Waals surface area contributed by atoms with Crippen LogP contribution in [0.2, 0.25) is 0 Å². The molecule has 1 heterocycles. The van der Waals surface area contributed by atoms with Crippen molar-refractivity contribution in [2.75, 3.05) is 6.54 Å². The second-order valence-electron chi connectivity index (χ2n) is 5.29. The maximum atomic E-state index is 10.1. The average molecular weight is 270 g/mol. The molecule has 2 atom stereocenters. The summed E-state index contributed by atoms with van der Waals surface area (Å²) in [6, 6.07) is 10.4. The number of benzene rings is 1. The van der Waals surface area contributed by atoms with Crippen LogP contribution in [0.3, 0.4) is 0 Å². The van der Waals surface area contributed by atoms with E-state index < -0.39 is 6.10 Å². The summed E-state index contributed by atoms with van der Waals surface area (Å²) in [5.74, 6) is 0. The molecule has 2 unspecified atom stereocenters. The van der Waals surface area contributed by atoms with Gasteiger partial charge < -0.3 is 10.4 Å². The molecular formula is C17H22N2O. The molecule has 0 fully saturated rings. The number of hydrogen-bond donors (Lipinski definition) is 2. The van der Waals surface area contributed by atoms with Crippen LogP contribution in [0.4, 0.5) is 0 Å². The van der Waals surface area contributed by atoms with Gasteiger partial charge in [-0.1, -0.05) is 23.8 Å². The lowest BCUT2D eigenvalue weighted by molar-refractivity contribution is 0.170. The lowest BCUT2D eigenvalue weighted by Crippen LogP contribution is -2.25. The van der Waals surface area contributed by atoms with Gasteiger partial charge >= 0.3 is 0 Å². The number of aromatic nitrogens is 1. The number of nitrogens with one attached hydrogen (secondary N) is 1. The Kier molecular flexibility index (Phi) is 4.88. The van der Waals surface area contributed by atoms with Crippen LogP contribution < -0.4 is 5.32 Å². The van der Waals surface area contributed by atoms with Crippen molar-refractivity contribution in [3.8, 4) is 0 Å². The third kappa shape index (κ3) is 3.65. The fourth-order valence-corrected chi connectivity index (χ4v) is 2.41. The van der Waals surface area contributed by atoms with Crippen molar-refractivity contribution in [1.29, 1.82) is 0 Å². The highest BCUT2D eigenvalue weighted by Crippen LogP contribution is 2.19. The zero-order valence-electron chi connectivity index (χ0n) is 12.3. The van der Waals surface area contributed by atoms with Gasteiger partial charge in [0.15, 0.2) is 0 Å². The van der Waals surface area contributed by atoms with Gasteiger partial charge in [-0.25, -0.2) is 0 Å². The summed E-state index contributed by atoms with van der Waals surface area (Å²) in [6.45, 7) is 6.87. The van der Waals surface area contributed by atoms with Gasteiger partial charge in [0.25, 0.3) is 0 Å². The first kappa shape index (κ1) is 14.7. The van der Waals surface area contributed by atoms with Crippen LogP contribution in [0, 0.1) is 13.8 Å². The van der Waals surface area contributed by atoms with Gasteiger partial charge in [0, 0.05) is 25.0 Å². The Morgan fingerprint density at radius 1 is 1.15 bits per heavy atom. The fourth-order valence-electron chi connectivity index (χ4n) is 2.41. The first-order valence-electron chi connectivity index (χ1n) is 6.96. The van der Waals surface area contributed by atoms with E-state index in [2.05, 4.69) is 49.3 Å². The van der Waals surface area contributed by atoms with Gasteiger partial charge in [-0.05, 0) is 49.6 Å². The maximum Gasteiger partial charge on any atom is 0.0915 e. The molecule has 3 heteroatoms. The van der Waals surface area contributed by atoms with Crippen LogP contribution in [0.1, 0.15) is 41.3 Å². The van der Waals surface area contributed by atoms with E-state index in [0.29, 0.717) is 6.54 Å². The summed E-state index contributed by atoms with van der Waals surface area (Å²) >= 11 is 0. The number of hydrogen-bond acceptors (Lipinski definition) is 3. The number of pyridine rings is 1. The molecule has 0 radical (unpaired) electrons. The second kappa shape index (κ2) is 6.64.